The molecule has 0 bridgehead atoms. The molecule has 3 unspecified atom stereocenters. The molecule has 8 heteroatoms. The lowest BCUT2D eigenvalue weighted by molar-refractivity contribution is 0.0694. The second-order valence-electron chi connectivity index (χ2n) is 8.10. The van der Waals surface area contributed by atoms with E-state index in [0.29, 0.717) is 22.9 Å². The van der Waals surface area contributed by atoms with Crippen molar-refractivity contribution < 1.29 is 14.3 Å². The van der Waals surface area contributed by atoms with Crippen LogP contribution in [0.25, 0.3) is 5.52 Å². The number of halogens is 2. The zero-order valence-corrected chi connectivity index (χ0v) is 16.3. The molecular weight excluding hydrogens is 385 g/mol. The molecule has 28 heavy (non-hydrogen) atoms. The highest BCUT2D eigenvalue weighted by atomic mass is 35.5. The number of hydrogen-bond acceptors (Lipinski definition) is 4. The van der Waals surface area contributed by atoms with Crippen LogP contribution in [0.4, 0.5) is 4.39 Å². The lowest BCUT2D eigenvalue weighted by atomic mass is 9.87. The summed E-state index contributed by atoms with van der Waals surface area (Å²) in [5.41, 5.74) is 1.94. The van der Waals surface area contributed by atoms with Crippen LogP contribution >= 0.6 is 12.4 Å². The lowest BCUT2D eigenvalue weighted by Gasteiger charge is -2.23. The van der Waals surface area contributed by atoms with Gasteiger partial charge in [0.25, 0.3) is 5.56 Å². The Bertz CT molecular complexity index is 1030. The minimum absolute atomic E-state index is 0. The Balaban J connectivity index is 0.00000192. The maximum absolute atomic E-state index is 15.2. The van der Waals surface area contributed by atoms with Crippen molar-refractivity contribution in [3.05, 3.63) is 50.7 Å². The van der Waals surface area contributed by atoms with E-state index in [9.17, 15) is 14.7 Å². The van der Waals surface area contributed by atoms with Gasteiger partial charge < -0.3 is 15.7 Å². The maximum Gasteiger partial charge on any atom is 0.341 e. The Labute approximate surface area is 167 Å². The van der Waals surface area contributed by atoms with Gasteiger partial charge in [0.15, 0.2) is 0 Å². The van der Waals surface area contributed by atoms with E-state index in [1.807, 2.05) is 6.92 Å². The molecule has 2 saturated heterocycles. The summed E-state index contributed by atoms with van der Waals surface area (Å²) >= 11 is 0. The summed E-state index contributed by atoms with van der Waals surface area (Å²) in [6, 6.07) is 1.42. The first-order valence-corrected chi connectivity index (χ1v) is 9.53. The lowest BCUT2D eigenvalue weighted by Crippen LogP contribution is -2.28. The van der Waals surface area contributed by atoms with Gasteiger partial charge in [0, 0.05) is 30.9 Å². The number of fused-ring (bicyclic) bond motifs is 2. The number of pyridine rings is 2. The number of rotatable bonds is 3. The average Bonchev–Trinajstić information content (AvgIpc) is 3.23. The molecule has 0 aromatic carbocycles. The Kier molecular flexibility index (Phi) is 4.72. The monoisotopic (exact) mass is 407 g/mol. The fourth-order valence-corrected chi connectivity index (χ4v) is 5.02. The number of nitrogens with one attached hydrogen (secondary N) is 2. The van der Waals surface area contributed by atoms with Crippen molar-refractivity contribution in [1.82, 2.24) is 15.0 Å². The topological polar surface area (TPSA) is 82.8 Å². The minimum atomic E-state index is -1.27. The van der Waals surface area contributed by atoms with Crippen molar-refractivity contribution in [3.8, 4) is 0 Å². The Hall–Kier alpha value is -1.96. The highest BCUT2D eigenvalue weighted by Crippen LogP contribution is 2.44. The third-order valence-electron chi connectivity index (χ3n) is 6.50. The molecule has 3 fully saturated rings. The maximum atomic E-state index is 15.2. The van der Waals surface area contributed by atoms with Gasteiger partial charge in [-0.25, -0.2) is 9.18 Å². The zero-order valence-electron chi connectivity index (χ0n) is 15.5. The van der Waals surface area contributed by atoms with Crippen LogP contribution in [0.3, 0.4) is 0 Å². The first-order chi connectivity index (χ1) is 13.0. The van der Waals surface area contributed by atoms with Crippen LogP contribution in [-0.2, 0) is 0 Å². The number of aryl methyl sites for hydroxylation is 1. The Morgan fingerprint density at radius 3 is 2.71 bits per heavy atom. The second kappa shape index (κ2) is 6.83. The van der Waals surface area contributed by atoms with E-state index >= 15 is 4.39 Å². The molecule has 1 aliphatic carbocycles. The molecule has 2 aliphatic heterocycles. The van der Waals surface area contributed by atoms with E-state index < -0.39 is 17.3 Å². The van der Waals surface area contributed by atoms with Gasteiger partial charge in [-0.15, -0.1) is 12.4 Å². The number of carboxylic acids is 1. The number of aromatic carboxylic acids is 1. The van der Waals surface area contributed by atoms with E-state index in [1.165, 1.54) is 16.7 Å². The van der Waals surface area contributed by atoms with Gasteiger partial charge >= 0.3 is 5.97 Å². The number of nitrogens with zero attached hydrogens (tertiary/aromatic N) is 1. The number of hydrogen-bond donors (Lipinski definition) is 3. The summed E-state index contributed by atoms with van der Waals surface area (Å²) in [4.78, 5) is 24.2. The van der Waals surface area contributed by atoms with E-state index in [1.54, 1.807) is 0 Å². The largest absolute Gasteiger partial charge is 0.477 e. The Morgan fingerprint density at radius 1 is 1.29 bits per heavy atom. The first-order valence-electron chi connectivity index (χ1n) is 9.53. The molecule has 1 saturated carbocycles. The number of carboxylic acid groups (broad SMARTS) is 1. The van der Waals surface area contributed by atoms with Gasteiger partial charge in [-0.1, -0.05) is 0 Å². The molecule has 150 valence electrons. The van der Waals surface area contributed by atoms with Crippen LogP contribution in [0.15, 0.2) is 17.1 Å². The zero-order chi connectivity index (χ0) is 18.9. The molecule has 3 atom stereocenters. The van der Waals surface area contributed by atoms with Gasteiger partial charge in [-0.05, 0) is 61.3 Å². The van der Waals surface area contributed by atoms with Crippen molar-refractivity contribution in [3.63, 3.8) is 0 Å². The summed E-state index contributed by atoms with van der Waals surface area (Å²) in [5.74, 6) is -0.653. The second-order valence-corrected chi connectivity index (χ2v) is 8.10. The van der Waals surface area contributed by atoms with Crippen LogP contribution in [0, 0.1) is 24.6 Å². The predicted octanol–water partition coefficient (Wildman–Crippen LogP) is 2.22. The van der Waals surface area contributed by atoms with E-state index in [4.69, 9.17) is 0 Å². The van der Waals surface area contributed by atoms with Crippen LogP contribution in [0.1, 0.15) is 51.8 Å². The van der Waals surface area contributed by atoms with Gasteiger partial charge in [0.05, 0.1) is 5.52 Å². The van der Waals surface area contributed by atoms with Gasteiger partial charge in [-0.3, -0.25) is 9.20 Å². The molecule has 0 radical (unpaired) electrons. The third kappa shape index (κ3) is 2.76. The Morgan fingerprint density at radius 2 is 2.04 bits per heavy atom. The molecule has 5 rings (SSSR count). The standard InChI is InChI=1S/C20H22FN3O3.ClH/c1-9-16(17-14-7-22-5-11(14)6-23-17)15(21)8-24-18(9)12(10-2-3-10)4-13(19(24)25)20(26)27;/h4,8,10-11,14,17,22-23H,2-3,5-7H2,1H3,(H,26,27);1H. The van der Waals surface area contributed by atoms with Crippen molar-refractivity contribution >= 4 is 23.9 Å². The van der Waals surface area contributed by atoms with Gasteiger partial charge in [-0.2, -0.15) is 0 Å². The summed E-state index contributed by atoms with van der Waals surface area (Å²) in [5, 5.41) is 16.3. The molecule has 4 heterocycles. The van der Waals surface area contributed by atoms with Crippen molar-refractivity contribution in [1.29, 1.82) is 0 Å². The van der Waals surface area contributed by atoms with Gasteiger partial charge in [0.2, 0.25) is 0 Å². The number of carbonyl (C=O) groups is 1. The van der Waals surface area contributed by atoms with Crippen LogP contribution < -0.4 is 16.2 Å². The fraction of sp³-hybridized carbons (Fsp3) is 0.500. The van der Waals surface area contributed by atoms with Crippen molar-refractivity contribution in [2.24, 2.45) is 11.8 Å². The molecule has 2 aromatic rings. The summed E-state index contributed by atoms with van der Waals surface area (Å²) < 4.78 is 16.4. The molecule has 0 spiro atoms. The normalized spacial score (nSPS) is 26.3. The predicted molar refractivity (Wildman–Crippen MR) is 105 cm³/mol. The van der Waals surface area contributed by atoms with Crippen LogP contribution in [-0.4, -0.2) is 35.1 Å². The van der Waals surface area contributed by atoms with E-state index in [0.717, 1.165) is 43.6 Å². The molecule has 3 N–H and O–H groups in total. The smallest absolute Gasteiger partial charge is 0.341 e. The summed E-state index contributed by atoms with van der Waals surface area (Å²) in [7, 11) is 0. The molecule has 2 aromatic heterocycles. The average molecular weight is 408 g/mol. The minimum Gasteiger partial charge on any atom is -0.477 e. The van der Waals surface area contributed by atoms with Crippen molar-refractivity contribution in [2.75, 3.05) is 19.6 Å². The van der Waals surface area contributed by atoms with E-state index in [2.05, 4.69) is 10.6 Å². The SMILES string of the molecule is Cc1c(C2NCC3CNCC32)c(F)cn2c(=O)c(C(=O)O)cc(C3CC3)c12.Cl. The highest BCUT2D eigenvalue weighted by molar-refractivity contribution is 5.88. The highest BCUT2D eigenvalue weighted by Gasteiger charge is 2.42. The molecule has 6 nitrogen and oxygen atoms in total. The van der Waals surface area contributed by atoms with Crippen LogP contribution in [0.2, 0.25) is 0 Å². The molecular formula is C20H23ClFN3O3. The fourth-order valence-electron chi connectivity index (χ4n) is 5.02. The quantitative estimate of drug-likeness (QED) is 0.726. The van der Waals surface area contributed by atoms with Gasteiger partial charge in [0.1, 0.15) is 11.4 Å². The van der Waals surface area contributed by atoms with Crippen molar-refractivity contribution in [2.45, 2.75) is 31.7 Å². The first kappa shape index (κ1) is 19.4. The summed E-state index contributed by atoms with van der Waals surface area (Å²) in [6.07, 6.45) is 3.13. The van der Waals surface area contributed by atoms with Crippen LogP contribution in [0.5, 0.6) is 0 Å². The van der Waals surface area contributed by atoms with E-state index in [-0.39, 0.29) is 29.9 Å². The molecule has 3 aliphatic rings. The summed E-state index contributed by atoms with van der Waals surface area (Å²) in [6.45, 7) is 4.51. The number of aromatic nitrogens is 1. The third-order valence-corrected chi connectivity index (χ3v) is 6.50. The molecule has 0 amide bonds.